The summed E-state index contributed by atoms with van der Waals surface area (Å²) in [5, 5.41) is 2.69. The Morgan fingerprint density at radius 3 is 2.48 bits per heavy atom. The van der Waals surface area contributed by atoms with Crippen LogP contribution in [0.5, 0.6) is 5.75 Å². The van der Waals surface area contributed by atoms with E-state index < -0.39 is 5.91 Å². The summed E-state index contributed by atoms with van der Waals surface area (Å²) in [4.78, 5) is 22.9. The fourth-order valence-corrected chi connectivity index (χ4v) is 1.82. The summed E-state index contributed by atoms with van der Waals surface area (Å²) < 4.78 is 5.22. The molecule has 0 heterocycles. The van der Waals surface area contributed by atoms with E-state index in [1.54, 1.807) is 24.3 Å². The molecule has 5 heteroatoms. The lowest BCUT2D eigenvalue weighted by Gasteiger charge is -2.09. The van der Waals surface area contributed by atoms with Crippen molar-refractivity contribution in [3.8, 4) is 17.6 Å². The van der Waals surface area contributed by atoms with Crippen LogP contribution in [0.3, 0.4) is 0 Å². The minimum atomic E-state index is -0.603. The lowest BCUT2D eigenvalue weighted by atomic mass is 10.2. The molecule has 5 nitrogen and oxygen atoms in total. The maximum atomic E-state index is 12.1. The predicted molar refractivity (Wildman–Crippen MR) is 86.8 cm³/mol. The second-order valence-corrected chi connectivity index (χ2v) is 4.60. The third kappa shape index (κ3) is 5.21. The normalized spacial score (nSPS) is 9.39. The number of hydrogen-bond acceptors (Lipinski definition) is 3. The molecule has 23 heavy (non-hydrogen) atoms. The minimum Gasteiger partial charge on any atom is -0.483 e. The quantitative estimate of drug-likeness (QED) is 0.818. The van der Waals surface area contributed by atoms with Crippen LogP contribution >= 0.6 is 0 Å². The van der Waals surface area contributed by atoms with Gasteiger partial charge in [0.2, 0.25) is 0 Å². The predicted octanol–water partition coefficient (Wildman–Crippen LogP) is 1.33. The molecule has 0 unspecified atom stereocenters. The zero-order valence-electron chi connectivity index (χ0n) is 12.4. The highest BCUT2D eigenvalue weighted by atomic mass is 16.5. The number of carbonyl (C=O) groups excluding carboxylic acids is 2. The highest BCUT2D eigenvalue weighted by Gasteiger charge is 2.11. The van der Waals surface area contributed by atoms with Gasteiger partial charge in [0, 0.05) is 5.56 Å². The molecule has 0 fully saturated rings. The van der Waals surface area contributed by atoms with Crippen LogP contribution in [0.4, 0.5) is 0 Å². The van der Waals surface area contributed by atoms with Crippen molar-refractivity contribution >= 4 is 11.8 Å². The van der Waals surface area contributed by atoms with E-state index in [2.05, 4.69) is 17.2 Å². The molecule has 0 saturated carbocycles. The summed E-state index contributed by atoms with van der Waals surface area (Å²) in [7, 11) is 0. The Balaban J connectivity index is 1.96. The van der Waals surface area contributed by atoms with Crippen molar-refractivity contribution < 1.29 is 14.3 Å². The van der Waals surface area contributed by atoms with Gasteiger partial charge in [-0.25, -0.2) is 0 Å². The van der Waals surface area contributed by atoms with E-state index >= 15 is 0 Å². The van der Waals surface area contributed by atoms with E-state index in [-0.39, 0.29) is 19.1 Å². The van der Waals surface area contributed by atoms with Crippen LogP contribution in [-0.4, -0.2) is 25.0 Å². The fraction of sp³-hybridized carbons (Fsp3) is 0.111. The summed E-state index contributed by atoms with van der Waals surface area (Å²) in [5.74, 6) is 5.20. The molecule has 2 rings (SSSR count). The Bertz CT molecular complexity index is 746. The molecule has 0 aromatic heterocycles. The molecule has 0 aliphatic rings. The molecular formula is C18H16N2O3. The minimum absolute atomic E-state index is 0.206. The largest absolute Gasteiger partial charge is 0.483 e. The Hall–Kier alpha value is -3.26. The molecule has 0 atom stereocenters. The van der Waals surface area contributed by atoms with Crippen LogP contribution in [0.1, 0.15) is 15.9 Å². The van der Waals surface area contributed by atoms with Crippen LogP contribution in [0, 0.1) is 11.8 Å². The summed E-state index contributed by atoms with van der Waals surface area (Å²) >= 11 is 0. The SMILES string of the molecule is NC(=O)COc1ccccc1C(=O)NCC#Cc1ccccc1. The van der Waals surface area contributed by atoms with Crippen molar-refractivity contribution in [3.63, 3.8) is 0 Å². The Labute approximate surface area is 134 Å². The third-order valence-electron chi connectivity index (χ3n) is 2.85. The van der Waals surface area contributed by atoms with Crippen molar-refractivity contribution in [3.05, 3.63) is 65.7 Å². The molecule has 0 radical (unpaired) electrons. The van der Waals surface area contributed by atoms with Crippen molar-refractivity contribution in [2.24, 2.45) is 5.73 Å². The van der Waals surface area contributed by atoms with E-state index in [0.29, 0.717) is 11.3 Å². The first-order valence-electron chi connectivity index (χ1n) is 6.99. The van der Waals surface area contributed by atoms with Gasteiger partial charge in [0.25, 0.3) is 11.8 Å². The number of hydrogen-bond donors (Lipinski definition) is 2. The van der Waals surface area contributed by atoms with E-state index in [1.165, 1.54) is 0 Å². The Kier molecular flexibility index (Phi) is 5.78. The number of nitrogens with one attached hydrogen (secondary N) is 1. The number of carbonyl (C=O) groups is 2. The van der Waals surface area contributed by atoms with Crippen molar-refractivity contribution in [1.29, 1.82) is 0 Å². The average Bonchev–Trinajstić information content (AvgIpc) is 2.58. The highest BCUT2D eigenvalue weighted by Crippen LogP contribution is 2.17. The molecule has 2 aromatic carbocycles. The van der Waals surface area contributed by atoms with Gasteiger partial charge in [0.1, 0.15) is 5.75 Å². The summed E-state index contributed by atoms with van der Waals surface area (Å²) in [5.41, 5.74) is 6.25. The lowest BCUT2D eigenvalue weighted by Crippen LogP contribution is -2.25. The van der Waals surface area contributed by atoms with E-state index in [0.717, 1.165) is 5.56 Å². The topological polar surface area (TPSA) is 81.4 Å². The standard InChI is InChI=1S/C18H16N2O3/c19-17(21)13-23-16-11-5-4-10-15(16)18(22)20-12-6-9-14-7-2-1-3-8-14/h1-5,7-8,10-11H,12-13H2,(H2,19,21)(H,20,22). The number of ether oxygens (including phenoxy) is 1. The maximum Gasteiger partial charge on any atom is 0.255 e. The fourth-order valence-electron chi connectivity index (χ4n) is 1.82. The van der Waals surface area contributed by atoms with Gasteiger partial charge in [-0.3, -0.25) is 9.59 Å². The number of nitrogens with two attached hydrogens (primary N) is 1. The molecule has 0 aliphatic heterocycles. The monoisotopic (exact) mass is 308 g/mol. The first kappa shape index (κ1) is 16.1. The van der Waals surface area contributed by atoms with E-state index in [1.807, 2.05) is 30.3 Å². The molecule has 2 aromatic rings. The number of rotatable bonds is 5. The zero-order chi connectivity index (χ0) is 16.5. The van der Waals surface area contributed by atoms with Gasteiger partial charge in [-0.05, 0) is 24.3 Å². The van der Waals surface area contributed by atoms with Crippen LogP contribution in [-0.2, 0) is 4.79 Å². The lowest BCUT2D eigenvalue weighted by molar-refractivity contribution is -0.119. The van der Waals surface area contributed by atoms with Gasteiger partial charge in [-0.2, -0.15) is 0 Å². The second-order valence-electron chi connectivity index (χ2n) is 4.60. The van der Waals surface area contributed by atoms with Crippen molar-refractivity contribution in [2.45, 2.75) is 0 Å². The number of amides is 2. The smallest absolute Gasteiger partial charge is 0.255 e. The van der Waals surface area contributed by atoms with Crippen LogP contribution in [0.25, 0.3) is 0 Å². The summed E-state index contributed by atoms with van der Waals surface area (Å²) in [6.07, 6.45) is 0. The number of para-hydroxylation sites is 1. The van der Waals surface area contributed by atoms with Gasteiger partial charge >= 0.3 is 0 Å². The molecular weight excluding hydrogens is 292 g/mol. The average molecular weight is 308 g/mol. The first-order chi connectivity index (χ1) is 11.2. The first-order valence-corrected chi connectivity index (χ1v) is 6.99. The number of benzene rings is 2. The molecule has 3 N–H and O–H groups in total. The van der Waals surface area contributed by atoms with E-state index in [4.69, 9.17) is 10.5 Å². The van der Waals surface area contributed by atoms with Gasteiger partial charge in [0.15, 0.2) is 6.61 Å². The van der Waals surface area contributed by atoms with Crippen molar-refractivity contribution in [1.82, 2.24) is 5.32 Å². The second kappa shape index (κ2) is 8.25. The van der Waals surface area contributed by atoms with Gasteiger partial charge < -0.3 is 15.8 Å². The summed E-state index contributed by atoms with van der Waals surface area (Å²) in [6.45, 7) is -0.0734. The molecule has 0 saturated heterocycles. The Morgan fingerprint density at radius 1 is 1.04 bits per heavy atom. The summed E-state index contributed by atoms with van der Waals surface area (Å²) in [6, 6.07) is 16.1. The molecule has 2 amide bonds. The molecule has 116 valence electrons. The molecule has 0 bridgehead atoms. The van der Waals surface area contributed by atoms with E-state index in [9.17, 15) is 9.59 Å². The van der Waals surface area contributed by atoms with Gasteiger partial charge in [0.05, 0.1) is 12.1 Å². The maximum absolute atomic E-state index is 12.1. The van der Waals surface area contributed by atoms with Crippen molar-refractivity contribution in [2.75, 3.05) is 13.2 Å². The van der Waals surface area contributed by atoms with Gasteiger partial charge in [-0.15, -0.1) is 0 Å². The molecule has 0 aliphatic carbocycles. The van der Waals surface area contributed by atoms with Crippen LogP contribution in [0.15, 0.2) is 54.6 Å². The highest BCUT2D eigenvalue weighted by molar-refractivity contribution is 5.97. The van der Waals surface area contributed by atoms with Crippen LogP contribution < -0.4 is 15.8 Å². The molecule has 0 spiro atoms. The number of primary amides is 1. The van der Waals surface area contributed by atoms with Gasteiger partial charge in [-0.1, -0.05) is 42.2 Å². The zero-order valence-corrected chi connectivity index (χ0v) is 12.4. The Morgan fingerprint density at radius 2 is 1.74 bits per heavy atom. The third-order valence-corrected chi connectivity index (χ3v) is 2.85. The van der Waals surface area contributed by atoms with Crippen LogP contribution in [0.2, 0.25) is 0 Å².